The summed E-state index contributed by atoms with van der Waals surface area (Å²) in [5.74, 6) is 1.30. The van der Waals surface area contributed by atoms with Crippen molar-refractivity contribution in [3.63, 3.8) is 0 Å². The molecule has 0 aromatic heterocycles. The van der Waals surface area contributed by atoms with Crippen LogP contribution in [0.1, 0.15) is 17.2 Å². The van der Waals surface area contributed by atoms with Crippen LogP contribution in [0.2, 0.25) is 0 Å². The van der Waals surface area contributed by atoms with Gasteiger partial charge >= 0.3 is 0 Å². The van der Waals surface area contributed by atoms with E-state index in [1.807, 2.05) is 42.5 Å². The molecule has 0 amide bonds. The van der Waals surface area contributed by atoms with Gasteiger partial charge < -0.3 is 14.6 Å². The van der Waals surface area contributed by atoms with Gasteiger partial charge in [0.25, 0.3) is 0 Å². The van der Waals surface area contributed by atoms with Crippen molar-refractivity contribution in [2.45, 2.75) is 12.5 Å². The lowest BCUT2D eigenvalue weighted by molar-refractivity contribution is 0.178. The van der Waals surface area contributed by atoms with E-state index >= 15 is 0 Å². The molecule has 2 aromatic carbocycles. The van der Waals surface area contributed by atoms with E-state index in [-0.39, 0.29) is 0 Å². The Balaban J connectivity index is 2.16. The van der Waals surface area contributed by atoms with Crippen LogP contribution in [0.5, 0.6) is 11.5 Å². The average molecular weight is 384 g/mol. The number of methoxy groups -OCH3 is 2. The number of benzene rings is 2. The molecule has 0 fully saturated rings. The zero-order chi connectivity index (χ0) is 14.5. The molecule has 3 nitrogen and oxygen atoms in total. The van der Waals surface area contributed by atoms with Crippen molar-refractivity contribution in [1.82, 2.24) is 0 Å². The molecule has 4 heteroatoms. The third-order valence-electron chi connectivity index (χ3n) is 3.13. The van der Waals surface area contributed by atoms with Gasteiger partial charge in [-0.1, -0.05) is 18.2 Å². The number of ether oxygens (including phenoxy) is 2. The van der Waals surface area contributed by atoms with Crippen LogP contribution in [0.15, 0.2) is 42.5 Å². The summed E-state index contributed by atoms with van der Waals surface area (Å²) in [6.07, 6.45) is 0.0155. The van der Waals surface area contributed by atoms with Crippen molar-refractivity contribution in [3.05, 3.63) is 57.2 Å². The van der Waals surface area contributed by atoms with Gasteiger partial charge in [0.2, 0.25) is 0 Å². The molecule has 0 aliphatic heterocycles. The van der Waals surface area contributed by atoms with Gasteiger partial charge in [-0.15, -0.1) is 0 Å². The Bertz CT molecular complexity index is 566. The zero-order valence-electron chi connectivity index (χ0n) is 11.5. The minimum absolute atomic E-state index is 0.560. The summed E-state index contributed by atoms with van der Waals surface area (Å²) < 4.78 is 11.6. The summed E-state index contributed by atoms with van der Waals surface area (Å²) >= 11 is 2.27. The monoisotopic (exact) mass is 384 g/mol. The lowest BCUT2D eigenvalue weighted by Crippen LogP contribution is -2.03. The lowest BCUT2D eigenvalue weighted by Gasteiger charge is -2.14. The van der Waals surface area contributed by atoms with Crippen LogP contribution in [-0.4, -0.2) is 19.3 Å². The number of aliphatic hydroxyl groups excluding tert-OH is 1. The predicted molar refractivity (Wildman–Crippen MR) is 87.4 cm³/mol. The topological polar surface area (TPSA) is 38.7 Å². The van der Waals surface area contributed by atoms with Gasteiger partial charge in [-0.3, -0.25) is 0 Å². The third-order valence-corrected chi connectivity index (χ3v) is 3.85. The van der Waals surface area contributed by atoms with Gasteiger partial charge in [-0.05, 0) is 58.0 Å². The van der Waals surface area contributed by atoms with Crippen LogP contribution in [0.3, 0.4) is 0 Å². The SMILES string of the molecule is COc1ccc(C(O)Cc2ccc(I)cc2)cc1OC. The molecule has 20 heavy (non-hydrogen) atoms. The highest BCUT2D eigenvalue weighted by atomic mass is 127. The second-order valence-electron chi connectivity index (χ2n) is 4.46. The van der Waals surface area contributed by atoms with E-state index in [1.54, 1.807) is 14.2 Å². The van der Waals surface area contributed by atoms with Gasteiger partial charge in [0.1, 0.15) is 0 Å². The highest BCUT2D eigenvalue weighted by Gasteiger charge is 2.12. The van der Waals surface area contributed by atoms with Crippen LogP contribution in [0, 0.1) is 3.57 Å². The molecule has 0 saturated heterocycles. The third kappa shape index (κ3) is 3.64. The largest absolute Gasteiger partial charge is 0.493 e. The fourth-order valence-electron chi connectivity index (χ4n) is 2.02. The smallest absolute Gasteiger partial charge is 0.161 e. The quantitative estimate of drug-likeness (QED) is 0.801. The molecule has 0 aliphatic carbocycles. The van der Waals surface area contributed by atoms with Crippen LogP contribution in [0.4, 0.5) is 0 Å². The first kappa shape index (κ1) is 15.1. The van der Waals surface area contributed by atoms with E-state index in [2.05, 4.69) is 22.6 Å². The Labute approximate surface area is 132 Å². The number of hydrogen-bond acceptors (Lipinski definition) is 3. The van der Waals surface area contributed by atoms with Crippen molar-refractivity contribution in [1.29, 1.82) is 0 Å². The molecule has 2 rings (SSSR count). The first-order valence-electron chi connectivity index (χ1n) is 6.28. The highest BCUT2D eigenvalue weighted by Crippen LogP contribution is 2.31. The lowest BCUT2D eigenvalue weighted by atomic mass is 10.0. The van der Waals surface area contributed by atoms with E-state index in [0.717, 1.165) is 11.1 Å². The molecule has 1 atom stereocenters. The first-order valence-corrected chi connectivity index (χ1v) is 7.36. The molecular formula is C16H17IO3. The van der Waals surface area contributed by atoms with Crippen LogP contribution >= 0.6 is 22.6 Å². The molecule has 0 heterocycles. The van der Waals surface area contributed by atoms with Gasteiger partial charge in [0.15, 0.2) is 11.5 Å². The van der Waals surface area contributed by atoms with Gasteiger partial charge in [0.05, 0.1) is 20.3 Å². The minimum Gasteiger partial charge on any atom is -0.493 e. The molecule has 2 aromatic rings. The van der Waals surface area contributed by atoms with E-state index in [9.17, 15) is 5.11 Å². The molecule has 0 radical (unpaired) electrons. The van der Waals surface area contributed by atoms with Crippen LogP contribution < -0.4 is 9.47 Å². The Morgan fingerprint density at radius 1 is 1.00 bits per heavy atom. The molecule has 1 N–H and O–H groups in total. The fourth-order valence-corrected chi connectivity index (χ4v) is 2.38. The van der Waals surface area contributed by atoms with Crippen molar-refractivity contribution in [2.24, 2.45) is 0 Å². The predicted octanol–water partition coefficient (Wildman–Crippen LogP) is 3.58. The standard InChI is InChI=1S/C16H17IO3/c1-19-15-8-5-12(10-16(15)20-2)14(18)9-11-3-6-13(17)7-4-11/h3-8,10,14,18H,9H2,1-2H3. The zero-order valence-corrected chi connectivity index (χ0v) is 13.6. The van der Waals surface area contributed by atoms with E-state index in [0.29, 0.717) is 17.9 Å². The highest BCUT2D eigenvalue weighted by molar-refractivity contribution is 14.1. The van der Waals surface area contributed by atoms with Crippen LogP contribution in [-0.2, 0) is 6.42 Å². The van der Waals surface area contributed by atoms with Crippen LogP contribution in [0.25, 0.3) is 0 Å². The average Bonchev–Trinajstić information content (AvgIpc) is 2.48. The Morgan fingerprint density at radius 2 is 1.65 bits per heavy atom. The Morgan fingerprint density at radius 3 is 2.25 bits per heavy atom. The molecular weight excluding hydrogens is 367 g/mol. The Hall–Kier alpha value is -1.27. The fraction of sp³-hybridized carbons (Fsp3) is 0.250. The molecule has 0 aliphatic rings. The number of halogens is 1. The normalized spacial score (nSPS) is 12.0. The second kappa shape index (κ2) is 6.95. The van der Waals surface area contributed by atoms with E-state index in [4.69, 9.17) is 9.47 Å². The molecule has 0 spiro atoms. The second-order valence-corrected chi connectivity index (χ2v) is 5.71. The summed E-state index contributed by atoms with van der Waals surface area (Å²) in [7, 11) is 3.19. The van der Waals surface area contributed by atoms with Gasteiger partial charge in [-0.25, -0.2) is 0 Å². The van der Waals surface area contributed by atoms with Crippen molar-refractivity contribution < 1.29 is 14.6 Å². The maximum atomic E-state index is 10.3. The van der Waals surface area contributed by atoms with Crippen molar-refractivity contribution in [3.8, 4) is 11.5 Å². The summed E-state index contributed by atoms with van der Waals surface area (Å²) in [6.45, 7) is 0. The molecule has 0 saturated carbocycles. The minimum atomic E-state index is -0.560. The first-order chi connectivity index (χ1) is 9.63. The Kier molecular flexibility index (Phi) is 5.25. The summed E-state index contributed by atoms with van der Waals surface area (Å²) in [5.41, 5.74) is 1.92. The van der Waals surface area contributed by atoms with E-state index < -0.39 is 6.10 Å². The summed E-state index contributed by atoms with van der Waals surface area (Å²) in [5, 5.41) is 10.3. The number of rotatable bonds is 5. The molecule has 1 unspecified atom stereocenters. The molecule has 0 bridgehead atoms. The molecule has 106 valence electrons. The number of aliphatic hydroxyl groups is 1. The van der Waals surface area contributed by atoms with Gasteiger partial charge in [-0.2, -0.15) is 0 Å². The van der Waals surface area contributed by atoms with Gasteiger partial charge in [0, 0.05) is 9.99 Å². The van der Waals surface area contributed by atoms with Crippen molar-refractivity contribution in [2.75, 3.05) is 14.2 Å². The number of hydrogen-bond donors (Lipinski definition) is 1. The summed E-state index contributed by atoms with van der Waals surface area (Å²) in [6, 6.07) is 13.6. The summed E-state index contributed by atoms with van der Waals surface area (Å²) in [4.78, 5) is 0. The van der Waals surface area contributed by atoms with E-state index in [1.165, 1.54) is 3.57 Å². The van der Waals surface area contributed by atoms with Crippen molar-refractivity contribution >= 4 is 22.6 Å². The maximum absolute atomic E-state index is 10.3. The maximum Gasteiger partial charge on any atom is 0.161 e.